The summed E-state index contributed by atoms with van der Waals surface area (Å²) < 4.78 is 11.1. The fourth-order valence-electron chi connectivity index (χ4n) is 4.63. The van der Waals surface area contributed by atoms with Gasteiger partial charge in [0.25, 0.3) is 0 Å². The lowest BCUT2D eigenvalue weighted by Crippen LogP contribution is -2.41. The number of benzene rings is 2. The standard InChI is InChI=1S/C22H27NO4.C7H15NO2/c1-22(25,17-26-15-18-8-4-2-5-9-18)20-12-13-23(14-20)21(24)27-16-19-10-6-3-7-11-19;1-7(10,5-9)6-2-3-8-4-6/h2-11,20,25H,12-17H2,1H3;6,8-10H,2-5H2,1H3. The van der Waals surface area contributed by atoms with Crippen molar-refractivity contribution in [2.45, 2.75) is 51.1 Å². The molecule has 0 saturated carbocycles. The summed E-state index contributed by atoms with van der Waals surface area (Å²) in [6.45, 7) is 7.14. The molecule has 2 saturated heterocycles. The quantitative estimate of drug-likeness (QED) is 0.407. The van der Waals surface area contributed by atoms with Gasteiger partial charge in [-0.3, -0.25) is 0 Å². The van der Waals surface area contributed by atoms with Crippen LogP contribution in [-0.2, 0) is 22.7 Å². The molecule has 0 aromatic heterocycles. The van der Waals surface area contributed by atoms with Gasteiger partial charge in [-0.05, 0) is 44.4 Å². The molecule has 2 aromatic carbocycles. The highest BCUT2D eigenvalue weighted by atomic mass is 16.6. The number of ether oxygens (including phenoxy) is 2. The Hall–Kier alpha value is -2.49. The van der Waals surface area contributed by atoms with Crippen molar-refractivity contribution >= 4 is 6.09 Å². The van der Waals surface area contributed by atoms with Crippen LogP contribution in [0.1, 0.15) is 37.8 Å². The summed E-state index contributed by atoms with van der Waals surface area (Å²) in [4.78, 5) is 13.9. The van der Waals surface area contributed by atoms with Crippen LogP contribution in [0.2, 0.25) is 0 Å². The van der Waals surface area contributed by atoms with E-state index in [1.807, 2.05) is 60.7 Å². The van der Waals surface area contributed by atoms with Crippen LogP contribution < -0.4 is 5.32 Å². The minimum Gasteiger partial charge on any atom is -0.445 e. The van der Waals surface area contributed by atoms with Gasteiger partial charge in [0.05, 0.1) is 31.0 Å². The van der Waals surface area contributed by atoms with Crippen LogP contribution in [0.15, 0.2) is 60.7 Å². The zero-order valence-corrected chi connectivity index (χ0v) is 22.0. The maximum absolute atomic E-state index is 12.3. The lowest BCUT2D eigenvalue weighted by molar-refractivity contribution is -0.0735. The minimum absolute atomic E-state index is 0.0300. The number of carbonyl (C=O) groups excluding carboxylic acids is 1. The van der Waals surface area contributed by atoms with Gasteiger partial charge in [0, 0.05) is 31.5 Å². The molecule has 0 bridgehead atoms. The van der Waals surface area contributed by atoms with E-state index in [1.54, 1.807) is 18.7 Å². The van der Waals surface area contributed by atoms with E-state index >= 15 is 0 Å². The van der Waals surface area contributed by atoms with E-state index in [0.717, 1.165) is 37.1 Å². The summed E-state index contributed by atoms with van der Waals surface area (Å²) in [6, 6.07) is 19.5. The lowest BCUT2D eigenvalue weighted by atomic mass is 9.89. The van der Waals surface area contributed by atoms with Crippen LogP contribution in [0.5, 0.6) is 0 Å². The molecule has 1 amide bonds. The van der Waals surface area contributed by atoms with E-state index in [2.05, 4.69) is 5.32 Å². The lowest BCUT2D eigenvalue weighted by Gasteiger charge is -2.29. The first-order valence-electron chi connectivity index (χ1n) is 13.0. The highest BCUT2D eigenvalue weighted by Gasteiger charge is 2.39. The zero-order chi connectivity index (χ0) is 26.7. The molecule has 204 valence electrons. The Balaban J connectivity index is 0.000000319. The summed E-state index contributed by atoms with van der Waals surface area (Å²) in [5, 5.41) is 32.2. The number of rotatable bonds is 9. The maximum Gasteiger partial charge on any atom is 0.410 e. The number of nitrogens with zero attached hydrogens (tertiary/aromatic N) is 1. The maximum atomic E-state index is 12.3. The average Bonchev–Trinajstić information content (AvgIpc) is 3.63. The second-order valence-electron chi connectivity index (χ2n) is 10.5. The molecule has 37 heavy (non-hydrogen) atoms. The Morgan fingerprint density at radius 1 is 0.946 bits per heavy atom. The summed E-state index contributed by atoms with van der Waals surface area (Å²) in [6.07, 6.45) is 1.37. The number of aliphatic hydroxyl groups is 3. The fraction of sp³-hybridized carbons (Fsp3) is 0.552. The van der Waals surface area contributed by atoms with E-state index in [0.29, 0.717) is 19.7 Å². The molecule has 0 radical (unpaired) electrons. The van der Waals surface area contributed by atoms with Gasteiger partial charge < -0.3 is 35.0 Å². The number of likely N-dealkylation sites (tertiary alicyclic amines) is 1. The second kappa shape index (κ2) is 13.9. The molecule has 8 heteroatoms. The van der Waals surface area contributed by atoms with Crippen LogP contribution in [-0.4, -0.2) is 76.9 Å². The van der Waals surface area contributed by atoms with Gasteiger partial charge in [0.1, 0.15) is 6.61 Å². The highest BCUT2D eigenvalue weighted by molar-refractivity contribution is 5.68. The Morgan fingerprint density at radius 2 is 1.57 bits per heavy atom. The number of hydrogen-bond donors (Lipinski definition) is 4. The largest absolute Gasteiger partial charge is 0.445 e. The predicted molar refractivity (Wildman–Crippen MR) is 142 cm³/mol. The smallest absolute Gasteiger partial charge is 0.410 e. The monoisotopic (exact) mass is 514 g/mol. The molecule has 2 fully saturated rings. The number of amides is 1. The molecular weight excluding hydrogens is 472 g/mol. The first-order chi connectivity index (χ1) is 17.7. The Bertz CT molecular complexity index is 932. The highest BCUT2D eigenvalue weighted by Crippen LogP contribution is 2.29. The van der Waals surface area contributed by atoms with Gasteiger partial charge in [0.15, 0.2) is 0 Å². The van der Waals surface area contributed by atoms with Crippen LogP contribution in [0.4, 0.5) is 4.79 Å². The van der Waals surface area contributed by atoms with Gasteiger partial charge in [-0.1, -0.05) is 60.7 Å². The molecule has 2 heterocycles. The third-order valence-corrected chi connectivity index (χ3v) is 7.30. The molecule has 0 aliphatic carbocycles. The van der Waals surface area contributed by atoms with Crippen LogP contribution in [0.3, 0.4) is 0 Å². The Kier molecular flexibility index (Phi) is 10.9. The molecule has 2 aromatic rings. The van der Waals surface area contributed by atoms with Crippen molar-refractivity contribution in [2.75, 3.05) is 39.4 Å². The molecule has 0 spiro atoms. The number of carbonyl (C=O) groups is 1. The van der Waals surface area contributed by atoms with Gasteiger partial charge in [-0.15, -0.1) is 0 Å². The number of nitrogens with one attached hydrogen (secondary N) is 1. The minimum atomic E-state index is -0.983. The van der Waals surface area contributed by atoms with Gasteiger partial charge >= 0.3 is 6.09 Å². The normalized spacial score (nSPS) is 22.5. The molecule has 2 aliphatic rings. The van der Waals surface area contributed by atoms with Crippen molar-refractivity contribution < 1.29 is 29.6 Å². The predicted octanol–water partition coefficient (Wildman–Crippen LogP) is 2.95. The molecule has 4 unspecified atom stereocenters. The van der Waals surface area contributed by atoms with Crippen molar-refractivity contribution in [2.24, 2.45) is 11.8 Å². The number of aliphatic hydroxyl groups excluding tert-OH is 1. The van der Waals surface area contributed by atoms with E-state index in [-0.39, 0.29) is 37.7 Å². The zero-order valence-electron chi connectivity index (χ0n) is 22.0. The molecule has 8 nitrogen and oxygen atoms in total. The molecule has 4 rings (SSSR count). The first kappa shape index (κ1) is 29.1. The van der Waals surface area contributed by atoms with Crippen molar-refractivity contribution in [1.29, 1.82) is 0 Å². The van der Waals surface area contributed by atoms with E-state index < -0.39 is 11.2 Å². The average molecular weight is 515 g/mol. The topological polar surface area (TPSA) is 111 Å². The van der Waals surface area contributed by atoms with Crippen LogP contribution in [0, 0.1) is 11.8 Å². The summed E-state index contributed by atoms with van der Waals surface area (Å²) in [7, 11) is 0. The van der Waals surface area contributed by atoms with Gasteiger partial charge in [-0.25, -0.2) is 4.79 Å². The molecule has 4 atom stereocenters. The van der Waals surface area contributed by atoms with E-state index in [9.17, 15) is 15.0 Å². The fourth-order valence-corrected chi connectivity index (χ4v) is 4.63. The summed E-state index contributed by atoms with van der Waals surface area (Å²) >= 11 is 0. The van der Waals surface area contributed by atoms with Gasteiger partial charge in [0.2, 0.25) is 0 Å². The Morgan fingerprint density at radius 3 is 2.14 bits per heavy atom. The Labute approximate surface area is 220 Å². The van der Waals surface area contributed by atoms with Gasteiger partial charge in [-0.2, -0.15) is 0 Å². The summed E-state index contributed by atoms with van der Waals surface area (Å²) in [5.41, 5.74) is 0.168. The van der Waals surface area contributed by atoms with Crippen molar-refractivity contribution in [3.05, 3.63) is 71.8 Å². The first-order valence-corrected chi connectivity index (χ1v) is 13.0. The van der Waals surface area contributed by atoms with Crippen molar-refractivity contribution in [3.63, 3.8) is 0 Å². The number of hydrogen-bond acceptors (Lipinski definition) is 7. The van der Waals surface area contributed by atoms with Crippen LogP contribution >= 0.6 is 0 Å². The third kappa shape index (κ3) is 9.09. The third-order valence-electron chi connectivity index (χ3n) is 7.30. The van der Waals surface area contributed by atoms with Crippen molar-refractivity contribution in [3.8, 4) is 0 Å². The van der Waals surface area contributed by atoms with Crippen LogP contribution in [0.25, 0.3) is 0 Å². The molecular formula is C29H42N2O6. The molecule has 2 aliphatic heterocycles. The van der Waals surface area contributed by atoms with E-state index in [1.165, 1.54) is 0 Å². The second-order valence-corrected chi connectivity index (χ2v) is 10.5. The van der Waals surface area contributed by atoms with E-state index in [4.69, 9.17) is 14.6 Å². The van der Waals surface area contributed by atoms with Crippen molar-refractivity contribution in [1.82, 2.24) is 10.2 Å². The SMILES string of the molecule is CC(O)(CO)C1CCNC1.CC(O)(COCc1ccccc1)C1CCN(C(=O)OCc2ccccc2)C1. The molecule has 4 N–H and O–H groups in total. The summed E-state index contributed by atoms with van der Waals surface area (Å²) in [5.74, 6) is 0.190.